The van der Waals surface area contributed by atoms with Gasteiger partial charge in [-0.3, -0.25) is 0 Å². The number of carbonyl (C=O) groups is 1. The molecule has 1 heterocycles. The second-order valence-corrected chi connectivity index (χ2v) is 6.78. The molecule has 0 radical (unpaired) electrons. The number of aromatic nitrogens is 3. The molecule has 3 rings (SSSR count). The number of halogens is 1. The zero-order valence-corrected chi connectivity index (χ0v) is 16.8. The number of anilines is 4. The van der Waals surface area contributed by atoms with E-state index in [-0.39, 0.29) is 5.95 Å². The Labute approximate surface area is 168 Å². The van der Waals surface area contributed by atoms with Crippen LogP contribution in [0.25, 0.3) is 0 Å². The van der Waals surface area contributed by atoms with Crippen molar-refractivity contribution < 1.29 is 9.53 Å². The van der Waals surface area contributed by atoms with Crippen LogP contribution in [0.5, 0.6) is 0 Å². The van der Waals surface area contributed by atoms with Gasteiger partial charge in [0.25, 0.3) is 0 Å². The van der Waals surface area contributed by atoms with Crippen molar-refractivity contribution in [3.05, 3.63) is 63.8 Å². The minimum atomic E-state index is -0.459. The number of esters is 1. The van der Waals surface area contributed by atoms with Crippen LogP contribution in [-0.2, 0) is 4.74 Å². The molecular formula is C20H20ClN5O2. The van der Waals surface area contributed by atoms with E-state index < -0.39 is 5.97 Å². The van der Waals surface area contributed by atoms with Crippen LogP contribution >= 0.6 is 11.6 Å². The first-order chi connectivity index (χ1) is 13.4. The highest BCUT2D eigenvalue weighted by atomic mass is 35.5. The van der Waals surface area contributed by atoms with Crippen molar-refractivity contribution in [3.63, 3.8) is 0 Å². The average Bonchev–Trinajstić information content (AvgIpc) is 2.66. The van der Waals surface area contributed by atoms with Crippen LogP contribution in [0.4, 0.5) is 23.1 Å². The van der Waals surface area contributed by atoms with Gasteiger partial charge in [0.2, 0.25) is 5.95 Å². The van der Waals surface area contributed by atoms with Crippen LogP contribution in [-0.4, -0.2) is 28.3 Å². The van der Waals surface area contributed by atoms with Gasteiger partial charge < -0.3 is 15.4 Å². The SMILES string of the molecule is COC(=O)c1ccc(Cl)c(Nc2nncc(Nc3c(C)cc(C)cc3C)n2)c1. The zero-order valence-electron chi connectivity index (χ0n) is 16.0. The largest absolute Gasteiger partial charge is 0.465 e. The van der Waals surface area contributed by atoms with E-state index in [1.54, 1.807) is 18.2 Å². The molecule has 0 bridgehead atoms. The van der Waals surface area contributed by atoms with E-state index in [1.165, 1.54) is 18.9 Å². The summed E-state index contributed by atoms with van der Waals surface area (Å²) < 4.78 is 4.73. The molecule has 0 saturated carbocycles. The van der Waals surface area contributed by atoms with Gasteiger partial charge in [-0.25, -0.2) is 4.79 Å². The number of ether oxygens (including phenoxy) is 1. The maximum atomic E-state index is 11.7. The summed E-state index contributed by atoms with van der Waals surface area (Å²) >= 11 is 6.21. The number of benzene rings is 2. The Balaban J connectivity index is 1.86. The van der Waals surface area contributed by atoms with E-state index in [4.69, 9.17) is 16.3 Å². The molecule has 0 saturated heterocycles. The molecule has 0 aliphatic rings. The summed E-state index contributed by atoms with van der Waals surface area (Å²) in [5.74, 6) is 0.323. The molecule has 0 aliphatic carbocycles. The number of aryl methyl sites for hydroxylation is 3. The van der Waals surface area contributed by atoms with Crippen molar-refractivity contribution in [1.29, 1.82) is 0 Å². The molecule has 8 heteroatoms. The number of nitrogens with one attached hydrogen (secondary N) is 2. The van der Waals surface area contributed by atoms with Crippen molar-refractivity contribution in [2.45, 2.75) is 20.8 Å². The van der Waals surface area contributed by atoms with Gasteiger partial charge in [0.05, 0.1) is 29.6 Å². The predicted octanol–water partition coefficient (Wildman–Crippen LogP) is 4.72. The van der Waals surface area contributed by atoms with E-state index >= 15 is 0 Å². The molecule has 0 spiro atoms. The highest BCUT2D eigenvalue weighted by Gasteiger charge is 2.11. The van der Waals surface area contributed by atoms with Gasteiger partial charge in [-0.15, -0.1) is 5.10 Å². The van der Waals surface area contributed by atoms with E-state index in [1.807, 2.05) is 13.8 Å². The highest BCUT2D eigenvalue weighted by Crippen LogP contribution is 2.27. The van der Waals surface area contributed by atoms with Crippen LogP contribution in [0.15, 0.2) is 36.5 Å². The first-order valence-electron chi connectivity index (χ1n) is 8.57. The van der Waals surface area contributed by atoms with Gasteiger partial charge in [-0.1, -0.05) is 29.3 Å². The normalized spacial score (nSPS) is 10.5. The van der Waals surface area contributed by atoms with Crippen LogP contribution in [0.3, 0.4) is 0 Å². The lowest BCUT2D eigenvalue weighted by Gasteiger charge is -2.14. The molecule has 28 heavy (non-hydrogen) atoms. The fraction of sp³-hybridized carbons (Fsp3) is 0.200. The Morgan fingerprint density at radius 1 is 1.07 bits per heavy atom. The Morgan fingerprint density at radius 2 is 1.79 bits per heavy atom. The third-order valence-corrected chi connectivity index (χ3v) is 4.45. The molecule has 7 nitrogen and oxygen atoms in total. The van der Waals surface area contributed by atoms with Gasteiger partial charge in [-0.2, -0.15) is 10.1 Å². The minimum Gasteiger partial charge on any atom is -0.465 e. The lowest BCUT2D eigenvalue weighted by Crippen LogP contribution is -2.06. The zero-order chi connectivity index (χ0) is 20.3. The molecule has 2 N–H and O–H groups in total. The summed E-state index contributed by atoms with van der Waals surface area (Å²) in [4.78, 5) is 16.2. The summed E-state index contributed by atoms with van der Waals surface area (Å²) in [5.41, 5.74) is 5.24. The second-order valence-electron chi connectivity index (χ2n) is 6.38. The molecule has 0 amide bonds. The van der Waals surface area contributed by atoms with Crippen LogP contribution in [0.2, 0.25) is 5.02 Å². The molecule has 2 aromatic carbocycles. The van der Waals surface area contributed by atoms with Crippen LogP contribution in [0, 0.1) is 20.8 Å². The first kappa shape index (κ1) is 19.6. The molecule has 1 aromatic heterocycles. The molecule has 3 aromatic rings. The Morgan fingerprint density at radius 3 is 2.46 bits per heavy atom. The van der Waals surface area contributed by atoms with E-state index in [2.05, 4.69) is 44.9 Å². The third kappa shape index (κ3) is 4.37. The number of nitrogens with zero attached hydrogens (tertiary/aromatic N) is 3. The summed E-state index contributed by atoms with van der Waals surface area (Å²) in [5, 5.41) is 14.7. The van der Waals surface area contributed by atoms with Crippen molar-refractivity contribution in [2.75, 3.05) is 17.7 Å². The second kappa shape index (κ2) is 8.22. The molecule has 0 fully saturated rings. The van der Waals surface area contributed by atoms with E-state index in [0.717, 1.165) is 16.8 Å². The average molecular weight is 398 g/mol. The number of hydrogen-bond acceptors (Lipinski definition) is 7. The number of methoxy groups -OCH3 is 1. The van der Waals surface area contributed by atoms with Crippen molar-refractivity contribution in [3.8, 4) is 0 Å². The van der Waals surface area contributed by atoms with Gasteiger partial charge in [0.1, 0.15) is 0 Å². The lowest BCUT2D eigenvalue weighted by molar-refractivity contribution is 0.0601. The maximum Gasteiger partial charge on any atom is 0.337 e. The van der Waals surface area contributed by atoms with Gasteiger partial charge >= 0.3 is 5.97 Å². The lowest BCUT2D eigenvalue weighted by atomic mass is 10.1. The Hall–Kier alpha value is -3.19. The minimum absolute atomic E-state index is 0.247. The summed E-state index contributed by atoms with van der Waals surface area (Å²) in [6, 6.07) is 8.96. The highest BCUT2D eigenvalue weighted by molar-refractivity contribution is 6.33. The monoisotopic (exact) mass is 397 g/mol. The number of hydrogen-bond donors (Lipinski definition) is 2. The number of carbonyl (C=O) groups excluding carboxylic acids is 1. The Bertz CT molecular complexity index is 1020. The van der Waals surface area contributed by atoms with Gasteiger partial charge in [0, 0.05) is 5.69 Å². The third-order valence-electron chi connectivity index (χ3n) is 4.12. The first-order valence-corrected chi connectivity index (χ1v) is 8.94. The van der Waals surface area contributed by atoms with Crippen molar-refractivity contribution >= 4 is 40.7 Å². The molecule has 0 unspecified atom stereocenters. The fourth-order valence-corrected chi connectivity index (χ4v) is 3.07. The van der Waals surface area contributed by atoms with Gasteiger partial charge in [-0.05, 0) is 50.1 Å². The molecule has 0 atom stereocenters. The van der Waals surface area contributed by atoms with E-state index in [0.29, 0.717) is 22.1 Å². The number of rotatable bonds is 5. The summed E-state index contributed by atoms with van der Waals surface area (Å²) in [7, 11) is 1.32. The Kier molecular flexibility index (Phi) is 5.75. The summed E-state index contributed by atoms with van der Waals surface area (Å²) in [6.45, 7) is 6.13. The van der Waals surface area contributed by atoms with Crippen LogP contribution in [0.1, 0.15) is 27.0 Å². The maximum absolute atomic E-state index is 11.7. The summed E-state index contributed by atoms with van der Waals surface area (Å²) in [6.07, 6.45) is 1.54. The van der Waals surface area contributed by atoms with Crippen molar-refractivity contribution in [2.24, 2.45) is 0 Å². The standard InChI is InChI=1S/C20H20ClN5O2/c1-11-7-12(2)18(13(3)8-11)24-17-10-22-26-20(25-17)23-16-9-14(19(27)28-4)5-6-15(16)21/h5-10H,1-4H3,(H2,23,24,25,26). The molecular weight excluding hydrogens is 378 g/mol. The molecule has 144 valence electrons. The molecule has 0 aliphatic heterocycles. The fourth-order valence-electron chi connectivity index (χ4n) is 2.91. The predicted molar refractivity (Wildman–Crippen MR) is 110 cm³/mol. The van der Waals surface area contributed by atoms with Gasteiger partial charge in [0.15, 0.2) is 5.82 Å². The van der Waals surface area contributed by atoms with E-state index in [9.17, 15) is 4.79 Å². The smallest absolute Gasteiger partial charge is 0.337 e. The van der Waals surface area contributed by atoms with Crippen LogP contribution < -0.4 is 10.6 Å². The van der Waals surface area contributed by atoms with Crippen molar-refractivity contribution in [1.82, 2.24) is 15.2 Å². The topological polar surface area (TPSA) is 89.0 Å². The quantitative estimate of drug-likeness (QED) is 0.602.